The van der Waals surface area contributed by atoms with Crippen molar-refractivity contribution >= 4 is 11.6 Å². The first-order chi connectivity index (χ1) is 11.5. The topological polar surface area (TPSA) is 46.6 Å². The van der Waals surface area contributed by atoms with E-state index in [-0.39, 0.29) is 24.4 Å². The molecule has 0 unspecified atom stereocenters. The van der Waals surface area contributed by atoms with Gasteiger partial charge in [-0.25, -0.2) is 0 Å². The van der Waals surface area contributed by atoms with E-state index in [2.05, 4.69) is 0 Å². The summed E-state index contributed by atoms with van der Waals surface area (Å²) in [7, 11) is 5.47. The molecular weight excluding hydrogens is 302 g/mol. The van der Waals surface area contributed by atoms with E-state index >= 15 is 0 Å². The highest BCUT2D eigenvalue weighted by molar-refractivity contribution is 6.03. The third-order valence-electron chi connectivity index (χ3n) is 3.79. The summed E-state index contributed by atoms with van der Waals surface area (Å²) in [6, 6.07) is 14.7. The largest absolute Gasteiger partial charge is 0.496 e. The molecule has 0 saturated carbocycles. The second kappa shape index (κ2) is 8.41. The summed E-state index contributed by atoms with van der Waals surface area (Å²) in [4.78, 5) is 26.9. The molecule has 0 radical (unpaired) electrons. The zero-order valence-electron chi connectivity index (χ0n) is 14.4. The van der Waals surface area contributed by atoms with E-state index in [9.17, 15) is 9.59 Å². The Morgan fingerprint density at radius 1 is 0.875 bits per heavy atom. The lowest BCUT2D eigenvalue weighted by molar-refractivity contribution is 0.0915. The highest BCUT2D eigenvalue weighted by Gasteiger charge is 2.16. The second-order valence-corrected chi connectivity index (χ2v) is 5.94. The normalized spacial score (nSPS) is 10.7. The fourth-order valence-electron chi connectivity index (χ4n) is 2.64. The maximum absolute atomic E-state index is 12.5. The van der Waals surface area contributed by atoms with Crippen LogP contribution in [0.5, 0.6) is 5.75 Å². The number of hydrogen-bond acceptors (Lipinski definition) is 4. The lowest BCUT2D eigenvalue weighted by Crippen LogP contribution is -2.15. The number of nitrogens with zero attached hydrogens (tertiary/aromatic N) is 1. The summed E-state index contributed by atoms with van der Waals surface area (Å²) in [5, 5.41) is 0. The van der Waals surface area contributed by atoms with Gasteiger partial charge in [0.05, 0.1) is 12.7 Å². The monoisotopic (exact) mass is 325 g/mol. The van der Waals surface area contributed by atoms with Crippen molar-refractivity contribution in [3.8, 4) is 5.75 Å². The first-order valence-corrected chi connectivity index (χ1v) is 7.95. The number of carbonyl (C=O) groups excluding carboxylic acids is 2. The molecule has 0 spiro atoms. The number of methoxy groups -OCH3 is 1. The Kier molecular flexibility index (Phi) is 6.27. The number of ether oxygens (including phenoxy) is 1. The van der Waals surface area contributed by atoms with Crippen molar-refractivity contribution in [1.29, 1.82) is 0 Å². The second-order valence-electron chi connectivity index (χ2n) is 5.94. The molecule has 2 aromatic carbocycles. The van der Waals surface area contributed by atoms with Crippen molar-refractivity contribution in [2.75, 3.05) is 21.2 Å². The minimum absolute atomic E-state index is 0.00398. The summed E-state index contributed by atoms with van der Waals surface area (Å²) in [5.41, 5.74) is 2.20. The first-order valence-electron chi connectivity index (χ1n) is 7.95. The van der Waals surface area contributed by atoms with E-state index in [0.717, 1.165) is 5.56 Å². The van der Waals surface area contributed by atoms with E-state index in [1.54, 1.807) is 18.2 Å². The molecule has 0 bridgehead atoms. The molecule has 2 aromatic rings. The van der Waals surface area contributed by atoms with E-state index in [1.165, 1.54) is 7.11 Å². The van der Waals surface area contributed by atoms with E-state index in [1.807, 2.05) is 49.3 Å². The van der Waals surface area contributed by atoms with Crippen LogP contribution in [0.1, 0.15) is 39.1 Å². The Labute approximate surface area is 143 Å². The van der Waals surface area contributed by atoms with Crippen LogP contribution < -0.4 is 4.74 Å². The minimum atomic E-state index is -0.0779. The average Bonchev–Trinajstić information content (AvgIpc) is 2.59. The molecule has 0 N–H and O–H groups in total. The fourth-order valence-corrected chi connectivity index (χ4v) is 2.64. The van der Waals surface area contributed by atoms with Crippen molar-refractivity contribution in [1.82, 2.24) is 4.90 Å². The molecule has 0 fully saturated rings. The van der Waals surface area contributed by atoms with Crippen molar-refractivity contribution in [2.24, 2.45) is 0 Å². The predicted molar refractivity (Wildman–Crippen MR) is 94.7 cm³/mol. The maximum Gasteiger partial charge on any atom is 0.167 e. The molecule has 0 amide bonds. The summed E-state index contributed by atoms with van der Waals surface area (Å²) in [6.07, 6.45) is 0.372. The molecule has 24 heavy (non-hydrogen) atoms. The Bertz CT molecular complexity index is 722. The molecule has 126 valence electrons. The molecule has 4 nitrogen and oxygen atoms in total. The number of Topliss-reactive ketones (excluding diaryl/α,β-unsaturated/α-hetero) is 2. The number of hydrogen-bond donors (Lipinski definition) is 0. The number of benzene rings is 2. The summed E-state index contributed by atoms with van der Waals surface area (Å²) < 4.78 is 5.21. The molecule has 0 saturated heterocycles. The van der Waals surface area contributed by atoms with Crippen LogP contribution in [0.4, 0.5) is 0 Å². The number of ketones is 2. The van der Waals surface area contributed by atoms with Gasteiger partial charge in [0.25, 0.3) is 0 Å². The number of rotatable bonds is 8. The first kappa shape index (κ1) is 17.9. The van der Waals surface area contributed by atoms with Crippen LogP contribution in [0, 0.1) is 0 Å². The fraction of sp³-hybridized carbons (Fsp3) is 0.300. The van der Waals surface area contributed by atoms with Crippen molar-refractivity contribution < 1.29 is 14.3 Å². The van der Waals surface area contributed by atoms with Crippen LogP contribution in [0.15, 0.2) is 48.5 Å². The molecule has 0 heterocycles. The van der Waals surface area contributed by atoms with Crippen LogP contribution in [-0.2, 0) is 6.54 Å². The predicted octanol–water partition coefficient (Wildman–Crippen LogP) is 3.60. The molecule has 0 aliphatic carbocycles. The quantitative estimate of drug-likeness (QED) is 0.696. The highest BCUT2D eigenvalue weighted by atomic mass is 16.5. The van der Waals surface area contributed by atoms with Gasteiger partial charge < -0.3 is 9.64 Å². The highest BCUT2D eigenvalue weighted by Crippen LogP contribution is 2.21. The van der Waals surface area contributed by atoms with E-state index in [4.69, 9.17) is 4.74 Å². The SMILES string of the molecule is COc1ccccc1C(=O)CCC(=O)c1ccccc1CN(C)C. The van der Waals surface area contributed by atoms with Crippen molar-refractivity contribution in [3.63, 3.8) is 0 Å². The molecule has 0 atom stereocenters. The Balaban J connectivity index is 2.07. The van der Waals surface area contributed by atoms with Gasteiger partial charge in [-0.3, -0.25) is 9.59 Å². The summed E-state index contributed by atoms with van der Waals surface area (Å²) in [5.74, 6) is 0.463. The molecule has 0 aliphatic rings. The van der Waals surface area contributed by atoms with Gasteiger partial charge in [0.1, 0.15) is 5.75 Å². The third kappa shape index (κ3) is 4.52. The smallest absolute Gasteiger partial charge is 0.167 e. The summed E-state index contributed by atoms with van der Waals surface area (Å²) >= 11 is 0. The van der Waals surface area contributed by atoms with Crippen LogP contribution in [-0.4, -0.2) is 37.7 Å². The Morgan fingerprint density at radius 2 is 1.42 bits per heavy atom. The number of carbonyl (C=O) groups is 2. The van der Waals surface area contributed by atoms with E-state index in [0.29, 0.717) is 23.4 Å². The van der Waals surface area contributed by atoms with Gasteiger partial charge in [-0.2, -0.15) is 0 Å². The van der Waals surface area contributed by atoms with Gasteiger partial charge in [0.2, 0.25) is 0 Å². The van der Waals surface area contributed by atoms with Crippen LogP contribution >= 0.6 is 0 Å². The van der Waals surface area contributed by atoms with Crippen molar-refractivity contribution in [3.05, 3.63) is 65.2 Å². The van der Waals surface area contributed by atoms with Crippen molar-refractivity contribution in [2.45, 2.75) is 19.4 Å². The lowest BCUT2D eigenvalue weighted by atomic mass is 9.97. The molecular formula is C20H23NO3. The van der Waals surface area contributed by atoms with Crippen LogP contribution in [0.3, 0.4) is 0 Å². The van der Waals surface area contributed by atoms with Gasteiger partial charge in [-0.15, -0.1) is 0 Å². The average molecular weight is 325 g/mol. The van der Waals surface area contributed by atoms with Gasteiger partial charge in [0, 0.05) is 24.9 Å². The Hall–Kier alpha value is -2.46. The zero-order valence-corrected chi connectivity index (χ0v) is 14.4. The van der Waals surface area contributed by atoms with Gasteiger partial charge in [-0.05, 0) is 31.8 Å². The maximum atomic E-state index is 12.5. The van der Waals surface area contributed by atoms with Crippen LogP contribution in [0.25, 0.3) is 0 Å². The molecule has 2 rings (SSSR count). The van der Waals surface area contributed by atoms with Gasteiger partial charge in [0.15, 0.2) is 11.6 Å². The molecule has 4 heteroatoms. The molecule has 0 aliphatic heterocycles. The van der Waals surface area contributed by atoms with Gasteiger partial charge >= 0.3 is 0 Å². The van der Waals surface area contributed by atoms with Gasteiger partial charge in [-0.1, -0.05) is 36.4 Å². The lowest BCUT2D eigenvalue weighted by Gasteiger charge is -2.13. The Morgan fingerprint density at radius 3 is 2.04 bits per heavy atom. The zero-order chi connectivity index (χ0) is 17.5. The third-order valence-corrected chi connectivity index (χ3v) is 3.79. The standard InChI is InChI=1S/C20H23NO3/c1-21(2)14-15-8-4-5-9-16(15)18(22)12-13-19(23)17-10-6-7-11-20(17)24-3/h4-11H,12-14H2,1-3H3. The number of para-hydroxylation sites is 1. The van der Waals surface area contributed by atoms with Crippen LogP contribution in [0.2, 0.25) is 0 Å². The molecule has 0 aromatic heterocycles. The summed E-state index contributed by atoms with van der Waals surface area (Å²) in [6.45, 7) is 0.697. The minimum Gasteiger partial charge on any atom is -0.496 e. The van der Waals surface area contributed by atoms with E-state index < -0.39 is 0 Å².